The standard InChI is InChI=1S/C30H27FN4O3S/c1-18-8-4-7-11-25(18)35-29(37)27-19(2)33-30(23(16-32)28(27)22-9-5-6-10-24(22)31)39-17-26(36)34-20-12-14-21(38-3)15-13-20/h4-15,28,33H,17H2,1-3H3,(H,34,36)(H,35,37). The highest BCUT2D eigenvalue weighted by molar-refractivity contribution is 8.03. The Labute approximate surface area is 230 Å². The van der Waals surface area contributed by atoms with E-state index in [0.29, 0.717) is 27.9 Å². The Bertz CT molecular complexity index is 1510. The number of rotatable bonds is 8. The van der Waals surface area contributed by atoms with E-state index in [4.69, 9.17) is 4.74 Å². The van der Waals surface area contributed by atoms with Crippen molar-refractivity contribution in [1.29, 1.82) is 5.26 Å². The number of halogens is 1. The van der Waals surface area contributed by atoms with E-state index in [2.05, 4.69) is 22.0 Å². The van der Waals surface area contributed by atoms with Gasteiger partial charge < -0.3 is 20.7 Å². The van der Waals surface area contributed by atoms with Crippen molar-refractivity contribution in [1.82, 2.24) is 5.32 Å². The molecule has 39 heavy (non-hydrogen) atoms. The zero-order valence-electron chi connectivity index (χ0n) is 21.7. The van der Waals surface area contributed by atoms with Crippen molar-refractivity contribution in [2.45, 2.75) is 19.8 Å². The third-order valence-corrected chi connectivity index (χ3v) is 7.24. The van der Waals surface area contributed by atoms with Crippen LogP contribution in [0.15, 0.2) is 94.7 Å². The molecule has 1 atom stereocenters. The van der Waals surface area contributed by atoms with Gasteiger partial charge in [0.05, 0.1) is 35.5 Å². The SMILES string of the molecule is COc1ccc(NC(=O)CSC2=C(C#N)C(c3ccccc3F)C(C(=O)Nc3ccccc3C)=C(C)N2)cc1. The molecule has 0 spiro atoms. The molecule has 0 bridgehead atoms. The number of carbonyl (C=O) groups is 2. The summed E-state index contributed by atoms with van der Waals surface area (Å²) in [5, 5.41) is 19.4. The first kappa shape index (κ1) is 27.5. The molecule has 0 aliphatic carbocycles. The summed E-state index contributed by atoms with van der Waals surface area (Å²) in [7, 11) is 1.56. The Hall–Kier alpha value is -4.55. The number of methoxy groups -OCH3 is 1. The van der Waals surface area contributed by atoms with Gasteiger partial charge in [0.25, 0.3) is 5.91 Å². The summed E-state index contributed by atoms with van der Waals surface area (Å²) in [6.07, 6.45) is 0. The molecular weight excluding hydrogens is 515 g/mol. The minimum Gasteiger partial charge on any atom is -0.497 e. The highest BCUT2D eigenvalue weighted by Crippen LogP contribution is 2.42. The maximum Gasteiger partial charge on any atom is 0.254 e. The number of dihydropyridines is 1. The van der Waals surface area contributed by atoms with Crippen LogP contribution in [0.4, 0.5) is 15.8 Å². The van der Waals surface area contributed by atoms with Crippen molar-refractivity contribution in [3.8, 4) is 11.8 Å². The zero-order valence-corrected chi connectivity index (χ0v) is 22.5. The van der Waals surface area contributed by atoms with Crippen molar-refractivity contribution in [3.05, 3.63) is 112 Å². The molecule has 3 N–H and O–H groups in total. The summed E-state index contributed by atoms with van der Waals surface area (Å²) < 4.78 is 20.2. The van der Waals surface area contributed by atoms with Gasteiger partial charge in [0.15, 0.2) is 0 Å². The van der Waals surface area contributed by atoms with E-state index in [1.165, 1.54) is 6.07 Å². The second-order valence-corrected chi connectivity index (χ2v) is 9.79. The number of anilines is 2. The molecule has 3 aromatic rings. The van der Waals surface area contributed by atoms with Crippen molar-refractivity contribution in [3.63, 3.8) is 0 Å². The molecule has 0 saturated carbocycles. The molecule has 1 unspecified atom stereocenters. The smallest absolute Gasteiger partial charge is 0.254 e. The van der Waals surface area contributed by atoms with Crippen molar-refractivity contribution in [2.24, 2.45) is 0 Å². The van der Waals surface area contributed by atoms with E-state index in [1.54, 1.807) is 62.6 Å². The van der Waals surface area contributed by atoms with Gasteiger partial charge in [0, 0.05) is 28.2 Å². The summed E-state index contributed by atoms with van der Waals surface area (Å²) in [6, 6.07) is 22.5. The number of ether oxygens (including phenoxy) is 1. The number of benzene rings is 3. The highest BCUT2D eigenvalue weighted by atomic mass is 32.2. The molecule has 3 aromatic carbocycles. The Morgan fingerprint density at radius 3 is 2.38 bits per heavy atom. The lowest BCUT2D eigenvalue weighted by molar-refractivity contribution is -0.114. The van der Waals surface area contributed by atoms with Gasteiger partial charge in [-0.25, -0.2) is 4.39 Å². The van der Waals surface area contributed by atoms with E-state index >= 15 is 4.39 Å². The van der Waals surface area contributed by atoms with Gasteiger partial charge in [-0.1, -0.05) is 48.2 Å². The summed E-state index contributed by atoms with van der Waals surface area (Å²) in [5.41, 5.74) is 3.13. The van der Waals surface area contributed by atoms with Crippen LogP contribution in [0.1, 0.15) is 24.0 Å². The van der Waals surface area contributed by atoms with Crippen LogP contribution in [0, 0.1) is 24.1 Å². The van der Waals surface area contributed by atoms with Crippen LogP contribution in [0.3, 0.4) is 0 Å². The van der Waals surface area contributed by atoms with Crippen LogP contribution in [0.25, 0.3) is 0 Å². The third kappa shape index (κ3) is 6.30. The summed E-state index contributed by atoms with van der Waals surface area (Å²) >= 11 is 1.11. The van der Waals surface area contributed by atoms with Gasteiger partial charge in [0.1, 0.15) is 11.6 Å². The number of hydrogen-bond donors (Lipinski definition) is 3. The molecule has 198 valence electrons. The Balaban J connectivity index is 1.63. The second kappa shape index (κ2) is 12.3. The van der Waals surface area contributed by atoms with Crippen LogP contribution >= 0.6 is 11.8 Å². The molecule has 0 aromatic heterocycles. The average Bonchev–Trinajstić information content (AvgIpc) is 2.93. The number of thioether (sulfide) groups is 1. The first-order valence-corrected chi connectivity index (χ1v) is 13.1. The van der Waals surface area contributed by atoms with Gasteiger partial charge in [-0.15, -0.1) is 0 Å². The number of nitriles is 1. The molecule has 0 saturated heterocycles. The number of hydrogen-bond acceptors (Lipinski definition) is 6. The lowest BCUT2D eigenvalue weighted by atomic mass is 9.82. The molecule has 1 aliphatic heterocycles. The predicted molar refractivity (Wildman–Crippen MR) is 152 cm³/mol. The van der Waals surface area contributed by atoms with E-state index in [9.17, 15) is 14.9 Å². The fourth-order valence-corrected chi connectivity index (χ4v) is 5.15. The van der Waals surface area contributed by atoms with Crippen molar-refractivity contribution < 1.29 is 18.7 Å². The number of aryl methyl sites for hydroxylation is 1. The lowest BCUT2D eigenvalue weighted by Crippen LogP contribution is -2.31. The average molecular weight is 543 g/mol. The normalized spacial score (nSPS) is 14.8. The van der Waals surface area contributed by atoms with Crippen LogP contribution in [-0.4, -0.2) is 24.7 Å². The topological polar surface area (TPSA) is 103 Å². The molecule has 1 aliphatic rings. The van der Waals surface area contributed by atoms with E-state index in [0.717, 1.165) is 17.3 Å². The van der Waals surface area contributed by atoms with E-state index in [1.807, 2.05) is 25.1 Å². The van der Waals surface area contributed by atoms with Crippen LogP contribution in [0.2, 0.25) is 0 Å². The number of nitrogens with zero attached hydrogens (tertiary/aromatic N) is 1. The number of amides is 2. The quantitative estimate of drug-likeness (QED) is 0.330. The van der Waals surface area contributed by atoms with Crippen molar-refractivity contribution >= 4 is 35.0 Å². The first-order chi connectivity index (χ1) is 18.8. The van der Waals surface area contributed by atoms with Gasteiger partial charge in [-0.2, -0.15) is 5.26 Å². The number of allylic oxidation sites excluding steroid dienone is 2. The third-order valence-electron chi connectivity index (χ3n) is 6.22. The summed E-state index contributed by atoms with van der Waals surface area (Å²) in [4.78, 5) is 26.2. The van der Waals surface area contributed by atoms with Crippen molar-refractivity contribution in [2.75, 3.05) is 23.5 Å². The van der Waals surface area contributed by atoms with Crippen LogP contribution in [-0.2, 0) is 9.59 Å². The molecule has 9 heteroatoms. The minimum absolute atomic E-state index is 0.0123. The van der Waals surface area contributed by atoms with Gasteiger partial charge >= 0.3 is 0 Å². The lowest BCUT2D eigenvalue weighted by Gasteiger charge is -2.30. The zero-order chi connectivity index (χ0) is 27.9. The fourth-order valence-electron chi connectivity index (χ4n) is 4.26. The molecule has 0 radical (unpaired) electrons. The largest absolute Gasteiger partial charge is 0.497 e. The van der Waals surface area contributed by atoms with Crippen LogP contribution < -0.4 is 20.7 Å². The van der Waals surface area contributed by atoms with E-state index in [-0.39, 0.29) is 28.4 Å². The van der Waals surface area contributed by atoms with Gasteiger partial charge in [-0.3, -0.25) is 9.59 Å². The van der Waals surface area contributed by atoms with Crippen LogP contribution in [0.5, 0.6) is 5.75 Å². The molecule has 2 amide bonds. The summed E-state index contributed by atoms with van der Waals surface area (Å²) in [5.74, 6) is -1.58. The second-order valence-electron chi connectivity index (χ2n) is 8.81. The highest BCUT2D eigenvalue weighted by Gasteiger charge is 2.36. The molecule has 1 heterocycles. The predicted octanol–water partition coefficient (Wildman–Crippen LogP) is 5.85. The fraction of sp³-hybridized carbons (Fsp3) is 0.167. The molecule has 0 fully saturated rings. The molecule has 4 rings (SSSR count). The molecular formula is C30H27FN4O3S. The number of carbonyl (C=O) groups excluding carboxylic acids is 2. The van der Waals surface area contributed by atoms with E-state index < -0.39 is 17.6 Å². The number of nitrogens with one attached hydrogen (secondary N) is 3. The minimum atomic E-state index is -0.964. The first-order valence-electron chi connectivity index (χ1n) is 12.1. The Morgan fingerprint density at radius 2 is 1.72 bits per heavy atom. The molecule has 7 nitrogen and oxygen atoms in total. The van der Waals surface area contributed by atoms with Gasteiger partial charge in [0.2, 0.25) is 5.91 Å². The Morgan fingerprint density at radius 1 is 1.03 bits per heavy atom. The Kier molecular flexibility index (Phi) is 8.69. The number of para-hydroxylation sites is 1. The summed E-state index contributed by atoms with van der Waals surface area (Å²) in [6.45, 7) is 3.57. The maximum atomic E-state index is 15.1. The van der Waals surface area contributed by atoms with Gasteiger partial charge in [-0.05, 0) is 55.8 Å². The maximum absolute atomic E-state index is 15.1. The monoisotopic (exact) mass is 542 g/mol.